The van der Waals surface area contributed by atoms with E-state index in [4.69, 9.17) is 16.3 Å². The number of aryl methyl sites for hydroxylation is 1. The molecule has 7 heteroatoms. The Hall–Kier alpha value is -3.25. The van der Waals surface area contributed by atoms with Gasteiger partial charge in [-0.1, -0.05) is 42.5 Å². The number of hydrogen-bond donors (Lipinski definition) is 1. The second kappa shape index (κ2) is 11.1. The van der Waals surface area contributed by atoms with E-state index in [9.17, 15) is 9.59 Å². The van der Waals surface area contributed by atoms with Gasteiger partial charge in [0.05, 0.1) is 0 Å². The van der Waals surface area contributed by atoms with Gasteiger partial charge in [0.1, 0.15) is 5.75 Å². The Balaban J connectivity index is 1.36. The topological polar surface area (TPSA) is 81.2 Å². The number of hydrogen-bond acceptors (Lipinski definition) is 5. The van der Waals surface area contributed by atoms with Crippen molar-refractivity contribution in [1.82, 2.24) is 15.3 Å². The molecule has 0 aliphatic rings. The van der Waals surface area contributed by atoms with Crippen LogP contribution in [0.2, 0.25) is 5.28 Å². The maximum Gasteiger partial charge on any atom is 0.287 e. The van der Waals surface area contributed by atoms with Crippen LogP contribution in [0.1, 0.15) is 24.0 Å². The van der Waals surface area contributed by atoms with Crippen LogP contribution in [-0.2, 0) is 22.4 Å². The normalized spacial score (nSPS) is 10.4. The highest BCUT2D eigenvalue weighted by molar-refractivity contribution is 6.36. The molecule has 0 bridgehead atoms. The van der Waals surface area contributed by atoms with Crippen molar-refractivity contribution >= 4 is 23.3 Å². The smallest absolute Gasteiger partial charge is 0.287 e. The van der Waals surface area contributed by atoms with Crippen LogP contribution in [0.15, 0.2) is 66.9 Å². The molecule has 0 radical (unpaired) electrons. The molecule has 0 aliphatic heterocycles. The Morgan fingerprint density at radius 1 is 0.933 bits per heavy atom. The molecule has 1 aromatic heterocycles. The van der Waals surface area contributed by atoms with Crippen LogP contribution < -0.4 is 10.1 Å². The van der Waals surface area contributed by atoms with Crippen LogP contribution in [0.4, 0.5) is 0 Å². The van der Waals surface area contributed by atoms with Gasteiger partial charge < -0.3 is 10.1 Å². The molecule has 0 saturated carbocycles. The van der Waals surface area contributed by atoms with Crippen molar-refractivity contribution in [2.45, 2.75) is 25.7 Å². The summed E-state index contributed by atoms with van der Waals surface area (Å²) in [6.45, 7) is 0.394. The van der Waals surface area contributed by atoms with Crippen molar-refractivity contribution in [3.63, 3.8) is 0 Å². The Labute approximate surface area is 180 Å². The lowest BCUT2D eigenvalue weighted by atomic mass is 10.1. The number of halogens is 1. The van der Waals surface area contributed by atoms with Crippen molar-refractivity contribution in [1.29, 1.82) is 0 Å². The Morgan fingerprint density at radius 3 is 2.40 bits per heavy atom. The molecule has 0 unspecified atom stereocenters. The lowest BCUT2D eigenvalue weighted by Crippen LogP contribution is -2.32. The zero-order chi connectivity index (χ0) is 21.2. The zero-order valence-corrected chi connectivity index (χ0v) is 17.1. The van der Waals surface area contributed by atoms with E-state index in [1.807, 2.05) is 54.6 Å². The molecule has 0 atom stereocenters. The number of amides is 1. The largest absolute Gasteiger partial charge is 0.439 e. The number of carbonyl (C=O) groups excluding carboxylic acids is 2. The minimum absolute atomic E-state index is 0.120. The van der Waals surface area contributed by atoms with Crippen LogP contribution >= 0.6 is 11.6 Å². The summed E-state index contributed by atoms with van der Waals surface area (Å²) in [4.78, 5) is 31.7. The second-order valence-corrected chi connectivity index (χ2v) is 7.02. The van der Waals surface area contributed by atoms with Crippen LogP contribution in [0.5, 0.6) is 11.6 Å². The number of ketones is 1. The maximum atomic E-state index is 12.0. The summed E-state index contributed by atoms with van der Waals surface area (Å²) in [5, 5.41) is 2.81. The van der Waals surface area contributed by atoms with E-state index in [2.05, 4.69) is 15.3 Å². The van der Waals surface area contributed by atoms with Gasteiger partial charge in [0.2, 0.25) is 16.9 Å². The van der Waals surface area contributed by atoms with Gasteiger partial charge in [-0.05, 0) is 54.1 Å². The molecule has 1 amide bonds. The second-order valence-electron chi connectivity index (χ2n) is 6.68. The lowest BCUT2D eigenvalue weighted by Gasteiger charge is -2.07. The summed E-state index contributed by atoms with van der Waals surface area (Å²) in [6, 6.07) is 18.9. The van der Waals surface area contributed by atoms with Gasteiger partial charge in [-0.2, -0.15) is 4.98 Å². The number of ether oxygens (including phenoxy) is 1. The average Bonchev–Trinajstić information content (AvgIpc) is 2.75. The van der Waals surface area contributed by atoms with E-state index in [1.165, 1.54) is 11.8 Å². The first-order valence-electron chi connectivity index (χ1n) is 9.70. The third kappa shape index (κ3) is 6.97. The van der Waals surface area contributed by atoms with Crippen molar-refractivity contribution in [3.8, 4) is 11.6 Å². The summed E-state index contributed by atoms with van der Waals surface area (Å²) < 4.78 is 5.61. The Kier molecular flexibility index (Phi) is 7.92. The summed E-state index contributed by atoms with van der Waals surface area (Å²) in [7, 11) is 0. The van der Waals surface area contributed by atoms with Gasteiger partial charge in [-0.15, -0.1) is 0 Å². The molecule has 0 saturated heterocycles. The third-order valence-corrected chi connectivity index (χ3v) is 4.59. The molecule has 2 aromatic carbocycles. The van der Waals surface area contributed by atoms with Gasteiger partial charge in [-0.25, -0.2) is 4.98 Å². The summed E-state index contributed by atoms with van der Waals surface area (Å²) in [5.41, 5.74) is 2.18. The molecule has 0 aliphatic carbocycles. The van der Waals surface area contributed by atoms with E-state index in [-0.39, 0.29) is 17.5 Å². The van der Waals surface area contributed by atoms with Crippen LogP contribution in [0, 0.1) is 0 Å². The number of nitrogens with one attached hydrogen (secondary N) is 1. The number of nitrogens with zero attached hydrogens (tertiary/aromatic N) is 2. The molecule has 1 heterocycles. The Morgan fingerprint density at radius 2 is 1.67 bits per heavy atom. The van der Waals surface area contributed by atoms with Crippen molar-refractivity contribution in [3.05, 3.63) is 83.3 Å². The molecular formula is C23H22ClN3O3. The number of Topliss-reactive ketones (excluding diaryl/α,β-unsaturated/α-hetero) is 1. The SMILES string of the molecule is O=C(CCCc1ccccc1)C(=O)NCCc1ccc(Oc2ccnc(Cl)n2)cc1. The number of carbonyl (C=O) groups is 2. The zero-order valence-electron chi connectivity index (χ0n) is 16.4. The molecular weight excluding hydrogens is 402 g/mol. The predicted molar refractivity (Wildman–Crippen MR) is 115 cm³/mol. The minimum atomic E-state index is -0.524. The molecule has 6 nitrogen and oxygen atoms in total. The van der Waals surface area contributed by atoms with E-state index in [0.717, 1.165) is 12.0 Å². The average molecular weight is 424 g/mol. The van der Waals surface area contributed by atoms with Gasteiger partial charge >= 0.3 is 0 Å². The standard InChI is InChI=1S/C23H22ClN3O3/c24-23-26-16-14-21(27-23)30-19-11-9-18(10-12-19)13-15-25-22(29)20(28)8-4-7-17-5-2-1-3-6-17/h1-3,5-6,9-12,14,16H,4,7-8,13,15H2,(H,25,29). The fourth-order valence-corrected chi connectivity index (χ4v) is 2.99. The summed E-state index contributed by atoms with van der Waals surface area (Å²) in [6.07, 6.45) is 3.83. The van der Waals surface area contributed by atoms with Gasteiger partial charge in [0.25, 0.3) is 5.91 Å². The van der Waals surface area contributed by atoms with Gasteiger partial charge in [-0.3, -0.25) is 9.59 Å². The highest BCUT2D eigenvalue weighted by Gasteiger charge is 2.12. The molecule has 0 fully saturated rings. The number of aromatic nitrogens is 2. The lowest BCUT2D eigenvalue weighted by molar-refractivity contribution is -0.137. The molecule has 154 valence electrons. The quantitative estimate of drug-likeness (QED) is 0.391. The van der Waals surface area contributed by atoms with Gasteiger partial charge in [0, 0.05) is 25.2 Å². The predicted octanol–water partition coefficient (Wildman–Crippen LogP) is 4.17. The first-order valence-corrected chi connectivity index (χ1v) is 10.1. The molecule has 3 aromatic rings. The van der Waals surface area contributed by atoms with E-state index < -0.39 is 5.91 Å². The van der Waals surface area contributed by atoms with E-state index in [1.54, 1.807) is 6.07 Å². The first kappa shape index (κ1) is 21.5. The van der Waals surface area contributed by atoms with Crippen molar-refractivity contribution in [2.75, 3.05) is 6.54 Å². The van der Waals surface area contributed by atoms with Crippen LogP contribution in [0.3, 0.4) is 0 Å². The summed E-state index contributed by atoms with van der Waals surface area (Å²) in [5.74, 6) is 0.0776. The maximum absolute atomic E-state index is 12.0. The third-order valence-electron chi connectivity index (χ3n) is 4.41. The van der Waals surface area contributed by atoms with Crippen molar-refractivity contribution < 1.29 is 14.3 Å². The molecule has 3 rings (SSSR count). The minimum Gasteiger partial charge on any atom is -0.439 e. The van der Waals surface area contributed by atoms with Gasteiger partial charge in [0.15, 0.2) is 0 Å². The fourth-order valence-electron chi connectivity index (χ4n) is 2.85. The van der Waals surface area contributed by atoms with E-state index in [0.29, 0.717) is 31.0 Å². The molecule has 0 spiro atoms. The highest BCUT2D eigenvalue weighted by Crippen LogP contribution is 2.20. The Bertz CT molecular complexity index is 978. The molecule has 1 N–H and O–H groups in total. The van der Waals surface area contributed by atoms with E-state index >= 15 is 0 Å². The fraction of sp³-hybridized carbons (Fsp3) is 0.217. The van der Waals surface area contributed by atoms with Crippen LogP contribution in [-0.4, -0.2) is 28.2 Å². The first-order chi connectivity index (χ1) is 14.6. The summed E-state index contributed by atoms with van der Waals surface area (Å²) >= 11 is 5.74. The highest BCUT2D eigenvalue weighted by atomic mass is 35.5. The van der Waals surface area contributed by atoms with Crippen LogP contribution in [0.25, 0.3) is 0 Å². The monoisotopic (exact) mass is 423 g/mol. The van der Waals surface area contributed by atoms with Crippen molar-refractivity contribution in [2.24, 2.45) is 0 Å². The number of rotatable bonds is 10. The number of benzene rings is 2. The molecule has 30 heavy (non-hydrogen) atoms.